The van der Waals surface area contributed by atoms with Crippen LogP contribution in [0.3, 0.4) is 0 Å². The van der Waals surface area contributed by atoms with Gasteiger partial charge in [0.2, 0.25) is 0 Å². The lowest BCUT2D eigenvalue weighted by atomic mass is 10.1. The van der Waals surface area contributed by atoms with E-state index < -0.39 is 0 Å². The van der Waals surface area contributed by atoms with Gasteiger partial charge < -0.3 is 11.1 Å². The molecule has 3 N–H and O–H groups in total. The van der Waals surface area contributed by atoms with E-state index in [1.165, 1.54) is 6.20 Å². The Hall–Kier alpha value is -1.48. The predicted octanol–water partition coefficient (Wildman–Crippen LogP) is 1.59. The minimum atomic E-state index is -0.181. The molecule has 0 spiro atoms. The van der Waals surface area contributed by atoms with Gasteiger partial charge in [0.1, 0.15) is 0 Å². The number of carbonyl (C=O) groups excluding carboxylic acids is 1. The van der Waals surface area contributed by atoms with Crippen molar-refractivity contribution in [2.24, 2.45) is 5.73 Å². The number of rotatable bonds is 0. The predicted molar refractivity (Wildman–Crippen MR) is 52.2 cm³/mol. The number of amides is 1. The molecule has 1 aliphatic rings. The first-order chi connectivity index (χ1) is 6.22. The molecular weight excluding hydrogens is 188 g/mol. The summed E-state index contributed by atoms with van der Waals surface area (Å²) in [5, 5.41) is 3.27. The van der Waals surface area contributed by atoms with Gasteiger partial charge in [-0.1, -0.05) is 11.6 Å². The molecule has 1 aliphatic heterocycles. The molecule has 1 heterocycles. The van der Waals surface area contributed by atoms with Gasteiger partial charge in [0.25, 0.3) is 5.91 Å². The zero-order valence-electron chi connectivity index (χ0n) is 6.67. The van der Waals surface area contributed by atoms with E-state index in [9.17, 15) is 4.79 Å². The third-order valence-corrected chi connectivity index (χ3v) is 2.17. The van der Waals surface area contributed by atoms with Crippen LogP contribution in [0.15, 0.2) is 24.4 Å². The van der Waals surface area contributed by atoms with Gasteiger partial charge in [-0.05, 0) is 18.2 Å². The molecule has 0 saturated heterocycles. The van der Waals surface area contributed by atoms with E-state index >= 15 is 0 Å². The fourth-order valence-electron chi connectivity index (χ4n) is 1.33. The van der Waals surface area contributed by atoms with Gasteiger partial charge in [0.05, 0.1) is 5.57 Å². The van der Waals surface area contributed by atoms with Crippen molar-refractivity contribution < 1.29 is 4.79 Å². The van der Waals surface area contributed by atoms with E-state index in [1.807, 2.05) is 0 Å². The standard InChI is InChI=1S/C9H7ClN2O/c10-5-1-2-8-6(3-5)7(4-11)9(13)12-8/h1-4H,11H2,(H,12,13)/b7-4-. The Balaban J connectivity index is 2.63. The van der Waals surface area contributed by atoms with E-state index in [2.05, 4.69) is 5.32 Å². The monoisotopic (exact) mass is 194 g/mol. The molecule has 3 nitrogen and oxygen atoms in total. The Kier molecular flexibility index (Phi) is 1.74. The fourth-order valence-corrected chi connectivity index (χ4v) is 1.50. The molecule has 0 saturated carbocycles. The van der Waals surface area contributed by atoms with Crippen molar-refractivity contribution in [3.63, 3.8) is 0 Å². The minimum Gasteiger partial charge on any atom is -0.404 e. The van der Waals surface area contributed by atoms with Crippen molar-refractivity contribution in [3.8, 4) is 0 Å². The second-order valence-electron chi connectivity index (χ2n) is 2.72. The highest BCUT2D eigenvalue weighted by Crippen LogP contribution is 2.32. The highest BCUT2D eigenvalue weighted by atomic mass is 35.5. The molecule has 0 aromatic heterocycles. The second kappa shape index (κ2) is 2.78. The van der Waals surface area contributed by atoms with Gasteiger partial charge in [0, 0.05) is 22.5 Å². The molecule has 0 aliphatic carbocycles. The van der Waals surface area contributed by atoms with E-state index in [1.54, 1.807) is 18.2 Å². The van der Waals surface area contributed by atoms with Gasteiger partial charge in [-0.15, -0.1) is 0 Å². The summed E-state index contributed by atoms with van der Waals surface area (Å²) in [6.45, 7) is 0. The summed E-state index contributed by atoms with van der Waals surface area (Å²) >= 11 is 5.79. The highest BCUT2D eigenvalue weighted by Gasteiger charge is 2.23. The maximum absolute atomic E-state index is 11.3. The van der Waals surface area contributed by atoms with E-state index in [0.29, 0.717) is 10.6 Å². The molecule has 66 valence electrons. The fraction of sp³-hybridized carbons (Fsp3) is 0. The van der Waals surface area contributed by atoms with Crippen molar-refractivity contribution >= 4 is 28.8 Å². The number of nitrogens with one attached hydrogen (secondary N) is 1. The molecule has 0 atom stereocenters. The topological polar surface area (TPSA) is 55.1 Å². The average molecular weight is 195 g/mol. The Morgan fingerprint density at radius 2 is 2.23 bits per heavy atom. The van der Waals surface area contributed by atoms with Gasteiger partial charge in [-0.2, -0.15) is 0 Å². The van der Waals surface area contributed by atoms with Gasteiger partial charge in [-0.3, -0.25) is 4.79 Å². The molecule has 1 amide bonds. The molecule has 0 unspecified atom stereocenters. The zero-order chi connectivity index (χ0) is 9.42. The van der Waals surface area contributed by atoms with Crippen LogP contribution in [0.5, 0.6) is 0 Å². The number of carbonyl (C=O) groups is 1. The highest BCUT2D eigenvalue weighted by molar-refractivity contribution is 6.34. The molecule has 0 bridgehead atoms. The first kappa shape index (κ1) is 8.13. The summed E-state index contributed by atoms with van der Waals surface area (Å²) in [6, 6.07) is 5.19. The zero-order valence-corrected chi connectivity index (χ0v) is 7.43. The first-order valence-corrected chi connectivity index (χ1v) is 4.13. The van der Waals surface area contributed by atoms with Crippen LogP contribution >= 0.6 is 11.6 Å². The van der Waals surface area contributed by atoms with Crippen LogP contribution in [-0.4, -0.2) is 5.91 Å². The normalized spacial score (nSPS) is 17.3. The van der Waals surface area contributed by atoms with E-state index in [-0.39, 0.29) is 5.91 Å². The van der Waals surface area contributed by atoms with Crippen molar-refractivity contribution in [3.05, 3.63) is 35.0 Å². The van der Waals surface area contributed by atoms with E-state index in [4.69, 9.17) is 17.3 Å². The maximum Gasteiger partial charge on any atom is 0.257 e. The first-order valence-electron chi connectivity index (χ1n) is 3.75. The Morgan fingerprint density at radius 3 is 2.92 bits per heavy atom. The van der Waals surface area contributed by atoms with Crippen LogP contribution in [0, 0.1) is 0 Å². The molecule has 13 heavy (non-hydrogen) atoms. The van der Waals surface area contributed by atoms with Crippen LogP contribution in [0.2, 0.25) is 5.02 Å². The minimum absolute atomic E-state index is 0.181. The molecule has 4 heteroatoms. The van der Waals surface area contributed by atoms with Gasteiger partial charge >= 0.3 is 0 Å². The van der Waals surface area contributed by atoms with Crippen LogP contribution in [0.1, 0.15) is 5.56 Å². The van der Waals surface area contributed by atoms with Crippen molar-refractivity contribution in [2.45, 2.75) is 0 Å². The summed E-state index contributed by atoms with van der Waals surface area (Å²) in [6.07, 6.45) is 1.29. The summed E-state index contributed by atoms with van der Waals surface area (Å²) in [7, 11) is 0. The largest absolute Gasteiger partial charge is 0.404 e. The van der Waals surface area contributed by atoms with Crippen LogP contribution in [-0.2, 0) is 4.79 Å². The number of halogens is 1. The summed E-state index contributed by atoms with van der Waals surface area (Å²) in [4.78, 5) is 11.3. The lowest BCUT2D eigenvalue weighted by Gasteiger charge is -1.97. The average Bonchev–Trinajstić information content (AvgIpc) is 2.40. The molecule has 0 radical (unpaired) electrons. The van der Waals surface area contributed by atoms with Crippen LogP contribution in [0.25, 0.3) is 5.57 Å². The smallest absolute Gasteiger partial charge is 0.257 e. The maximum atomic E-state index is 11.3. The van der Waals surface area contributed by atoms with Gasteiger partial charge in [0.15, 0.2) is 0 Å². The van der Waals surface area contributed by atoms with Crippen molar-refractivity contribution in [1.29, 1.82) is 0 Å². The second-order valence-corrected chi connectivity index (χ2v) is 3.16. The summed E-state index contributed by atoms with van der Waals surface area (Å²) in [5.74, 6) is -0.181. The van der Waals surface area contributed by atoms with Crippen LogP contribution in [0.4, 0.5) is 5.69 Å². The SMILES string of the molecule is N/C=C1\C(=O)Nc2ccc(Cl)cc21. The Bertz CT molecular complexity index is 412. The lowest BCUT2D eigenvalue weighted by molar-refractivity contribution is -0.110. The summed E-state index contributed by atoms with van der Waals surface area (Å²) in [5.41, 5.74) is 7.31. The van der Waals surface area contributed by atoms with Crippen molar-refractivity contribution in [2.75, 3.05) is 5.32 Å². The van der Waals surface area contributed by atoms with Gasteiger partial charge in [-0.25, -0.2) is 0 Å². The van der Waals surface area contributed by atoms with E-state index in [0.717, 1.165) is 11.3 Å². The molecule has 1 aromatic rings. The third-order valence-electron chi connectivity index (χ3n) is 1.93. The number of fused-ring (bicyclic) bond motifs is 1. The lowest BCUT2D eigenvalue weighted by Crippen LogP contribution is -2.04. The molecule has 0 fully saturated rings. The Labute approximate surface area is 80.2 Å². The number of nitrogens with two attached hydrogens (primary N) is 1. The molecular formula is C9H7ClN2O. The number of anilines is 1. The number of benzene rings is 1. The Morgan fingerprint density at radius 1 is 1.46 bits per heavy atom. The molecule has 1 aromatic carbocycles. The third kappa shape index (κ3) is 1.17. The van der Waals surface area contributed by atoms with Crippen LogP contribution < -0.4 is 11.1 Å². The number of hydrogen-bond donors (Lipinski definition) is 2. The summed E-state index contributed by atoms with van der Waals surface area (Å²) < 4.78 is 0. The number of hydrogen-bond acceptors (Lipinski definition) is 2. The molecule has 2 rings (SSSR count). The quantitative estimate of drug-likeness (QED) is 0.617. The van der Waals surface area contributed by atoms with Crippen molar-refractivity contribution in [1.82, 2.24) is 0 Å².